The molecule has 0 spiro atoms. The molecule has 0 bridgehead atoms. The summed E-state index contributed by atoms with van der Waals surface area (Å²) in [6.07, 6.45) is 43.4. The SMILES string of the molecule is CCCCCCCCCCCC/C=C/CC/C=C/C(O)C(CO)NC(=O)C(O)CCCCCCCCCCCCCCCCCC. The van der Waals surface area contributed by atoms with E-state index >= 15 is 0 Å². The minimum absolute atomic E-state index is 0.373. The molecule has 0 aromatic carbocycles. The predicted molar refractivity (Wildman–Crippen MR) is 199 cm³/mol. The minimum Gasteiger partial charge on any atom is -0.394 e. The van der Waals surface area contributed by atoms with Gasteiger partial charge in [-0.05, 0) is 32.1 Å². The minimum atomic E-state index is -1.10. The highest BCUT2D eigenvalue weighted by Crippen LogP contribution is 2.15. The molecule has 0 aliphatic rings. The van der Waals surface area contributed by atoms with Crippen molar-refractivity contribution < 1.29 is 20.1 Å². The number of carbonyl (C=O) groups is 1. The molecular weight excluding hydrogens is 570 g/mol. The number of rotatable bonds is 36. The zero-order chi connectivity index (χ0) is 33.8. The molecule has 0 fully saturated rings. The Balaban J connectivity index is 3.74. The third kappa shape index (κ3) is 31.4. The number of hydrogen-bond acceptors (Lipinski definition) is 4. The Labute approximate surface area is 286 Å². The van der Waals surface area contributed by atoms with Gasteiger partial charge in [0.2, 0.25) is 5.91 Å². The summed E-state index contributed by atoms with van der Waals surface area (Å²) in [5.41, 5.74) is 0. The monoisotopic (exact) mass is 650 g/mol. The topological polar surface area (TPSA) is 89.8 Å². The normalized spacial score (nSPS) is 13.9. The van der Waals surface area contributed by atoms with Crippen molar-refractivity contribution in [2.75, 3.05) is 6.61 Å². The standard InChI is InChI=1S/C41H79NO4/c1-3-5-7-9-11-13-15-17-19-21-23-25-27-29-31-33-35-39(44)38(37-43)42-41(46)40(45)36-34-32-30-28-26-24-22-20-18-16-14-12-10-8-6-4-2/h25,27,33,35,38-40,43-45H,3-24,26,28-32,34,36-37H2,1-2H3,(H,42,46)/b27-25+,35-33+. The van der Waals surface area contributed by atoms with Crippen LogP contribution >= 0.6 is 0 Å². The summed E-state index contributed by atoms with van der Waals surface area (Å²) in [6, 6.07) is -0.809. The third-order valence-corrected chi connectivity index (χ3v) is 9.29. The number of allylic oxidation sites excluding steroid dienone is 3. The van der Waals surface area contributed by atoms with Gasteiger partial charge >= 0.3 is 0 Å². The molecule has 5 heteroatoms. The predicted octanol–water partition coefficient (Wildman–Crippen LogP) is 11.0. The first-order valence-electron chi connectivity index (χ1n) is 20.2. The summed E-state index contributed by atoms with van der Waals surface area (Å²) in [4.78, 5) is 12.4. The first kappa shape index (κ1) is 44.8. The van der Waals surface area contributed by atoms with Gasteiger partial charge in [0, 0.05) is 0 Å². The van der Waals surface area contributed by atoms with Crippen molar-refractivity contribution in [3.8, 4) is 0 Å². The summed E-state index contributed by atoms with van der Waals surface area (Å²) in [5, 5.41) is 33.0. The highest BCUT2D eigenvalue weighted by molar-refractivity contribution is 5.80. The largest absolute Gasteiger partial charge is 0.394 e. The molecule has 0 saturated heterocycles. The number of hydrogen-bond donors (Lipinski definition) is 4. The first-order chi connectivity index (χ1) is 22.6. The van der Waals surface area contributed by atoms with E-state index in [1.165, 1.54) is 148 Å². The van der Waals surface area contributed by atoms with Gasteiger partial charge < -0.3 is 20.6 Å². The van der Waals surface area contributed by atoms with Gasteiger partial charge in [-0.3, -0.25) is 4.79 Å². The average Bonchev–Trinajstić information content (AvgIpc) is 3.06. The van der Waals surface area contributed by atoms with Gasteiger partial charge in [0.15, 0.2) is 0 Å². The second-order valence-electron chi connectivity index (χ2n) is 13.8. The number of amides is 1. The zero-order valence-corrected chi connectivity index (χ0v) is 30.7. The Morgan fingerprint density at radius 3 is 1.33 bits per heavy atom. The van der Waals surface area contributed by atoms with Gasteiger partial charge in [-0.2, -0.15) is 0 Å². The van der Waals surface area contributed by atoms with E-state index in [1.807, 2.05) is 6.08 Å². The molecule has 0 saturated carbocycles. The molecular formula is C41H79NO4. The van der Waals surface area contributed by atoms with Crippen molar-refractivity contribution in [1.82, 2.24) is 5.32 Å². The fourth-order valence-electron chi connectivity index (χ4n) is 6.08. The number of nitrogens with one attached hydrogen (secondary N) is 1. The van der Waals surface area contributed by atoms with Gasteiger partial charge in [-0.15, -0.1) is 0 Å². The second kappa shape index (κ2) is 36.7. The maximum absolute atomic E-state index is 12.4. The van der Waals surface area contributed by atoms with Crippen LogP contribution in [0.5, 0.6) is 0 Å². The van der Waals surface area contributed by atoms with Crippen molar-refractivity contribution in [2.45, 2.75) is 225 Å². The molecule has 3 atom stereocenters. The van der Waals surface area contributed by atoms with Crippen LogP contribution in [0.1, 0.15) is 206 Å². The van der Waals surface area contributed by atoms with Crippen LogP contribution in [0.15, 0.2) is 24.3 Å². The molecule has 0 aliphatic heterocycles. The smallest absolute Gasteiger partial charge is 0.249 e. The molecule has 0 aliphatic carbocycles. The Morgan fingerprint density at radius 2 is 0.891 bits per heavy atom. The molecule has 1 amide bonds. The van der Waals surface area contributed by atoms with Crippen molar-refractivity contribution in [1.29, 1.82) is 0 Å². The highest BCUT2D eigenvalue weighted by atomic mass is 16.3. The summed E-state index contributed by atoms with van der Waals surface area (Å²) >= 11 is 0. The summed E-state index contributed by atoms with van der Waals surface area (Å²) in [5.74, 6) is -0.512. The van der Waals surface area contributed by atoms with Crippen molar-refractivity contribution in [3.63, 3.8) is 0 Å². The van der Waals surface area contributed by atoms with Crippen molar-refractivity contribution in [2.24, 2.45) is 0 Å². The van der Waals surface area contributed by atoms with Gasteiger partial charge in [0.1, 0.15) is 6.10 Å². The molecule has 5 nitrogen and oxygen atoms in total. The number of aliphatic hydroxyl groups excluding tert-OH is 3. The lowest BCUT2D eigenvalue weighted by molar-refractivity contribution is -0.131. The summed E-state index contributed by atoms with van der Waals surface area (Å²) in [6.45, 7) is 4.16. The lowest BCUT2D eigenvalue weighted by Crippen LogP contribution is -2.48. The van der Waals surface area contributed by atoms with E-state index in [4.69, 9.17) is 0 Å². The Bertz CT molecular complexity index is 679. The Morgan fingerprint density at radius 1 is 0.522 bits per heavy atom. The van der Waals surface area contributed by atoms with E-state index < -0.39 is 24.2 Å². The van der Waals surface area contributed by atoms with Crippen LogP contribution in [0.2, 0.25) is 0 Å². The van der Waals surface area contributed by atoms with E-state index in [0.717, 1.165) is 38.5 Å². The quantitative estimate of drug-likeness (QED) is 0.0401. The van der Waals surface area contributed by atoms with Crippen molar-refractivity contribution >= 4 is 5.91 Å². The van der Waals surface area contributed by atoms with Gasteiger partial charge in [-0.1, -0.05) is 199 Å². The average molecular weight is 650 g/mol. The van der Waals surface area contributed by atoms with E-state index in [2.05, 4.69) is 31.3 Å². The molecule has 272 valence electrons. The van der Waals surface area contributed by atoms with E-state index in [0.29, 0.717) is 6.42 Å². The fourth-order valence-corrected chi connectivity index (χ4v) is 6.08. The summed E-state index contributed by atoms with van der Waals surface area (Å²) < 4.78 is 0. The highest BCUT2D eigenvalue weighted by Gasteiger charge is 2.22. The van der Waals surface area contributed by atoms with E-state index in [9.17, 15) is 20.1 Å². The van der Waals surface area contributed by atoms with E-state index in [1.54, 1.807) is 6.08 Å². The van der Waals surface area contributed by atoms with Crippen molar-refractivity contribution in [3.05, 3.63) is 24.3 Å². The second-order valence-corrected chi connectivity index (χ2v) is 13.8. The van der Waals surface area contributed by atoms with Crippen LogP contribution in [-0.4, -0.2) is 46.1 Å². The zero-order valence-electron chi connectivity index (χ0n) is 30.7. The first-order valence-corrected chi connectivity index (χ1v) is 20.2. The number of unbranched alkanes of at least 4 members (excludes halogenated alkanes) is 26. The van der Waals surface area contributed by atoms with E-state index in [-0.39, 0.29) is 6.61 Å². The molecule has 46 heavy (non-hydrogen) atoms. The van der Waals surface area contributed by atoms with Crippen LogP contribution < -0.4 is 5.32 Å². The molecule has 0 aromatic heterocycles. The van der Waals surface area contributed by atoms with Gasteiger partial charge in [0.05, 0.1) is 18.8 Å². The van der Waals surface area contributed by atoms with Crippen LogP contribution in [0.3, 0.4) is 0 Å². The third-order valence-electron chi connectivity index (χ3n) is 9.29. The maximum atomic E-state index is 12.4. The molecule has 3 unspecified atom stereocenters. The molecule has 0 rings (SSSR count). The Kier molecular flexibility index (Phi) is 35.7. The molecule has 0 aromatic rings. The summed E-state index contributed by atoms with van der Waals surface area (Å²) in [7, 11) is 0. The molecule has 0 radical (unpaired) electrons. The van der Waals surface area contributed by atoms with Crippen LogP contribution in [0.4, 0.5) is 0 Å². The maximum Gasteiger partial charge on any atom is 0.249 e. The lowest BCUT2D eigenvalue weighted by Gasteiger charge is -2.21. The number of aliphatic hydroxyl groups is 3. The molecule has 0 heterocycles. The van der Waals surface area contributed by atoms with Crippen LogP contribution in [-0.2, 0) is 4.79 Å². The number of carbonyl (C=O) groups excluding carboxylic acids is 1. The van der Waals surface area contributed by atoms with Gasteiger partial charge in [0.25, 0.3) is 0 Å². The molecule has 4 N–H and O–H groups in total. The van der Waals surface area contributed by atoms with Gasteiger partial charge in [-0.25, -0.2) is 0 Å². The lowest BCUT2D eigenvalue weighted by atomic mass is 10.0. The van der Waals surface area contributed by atoms with Crippen LogP contribution in [0, 0.1) is 0 Å². The Hall–Kier alpha value is -1.17. The fraction of sp³-hybridized carbons (Fsp3) is 0.878. The van der Waals surface area contributed by atoms with Crippen LogP contribution in [0.25, 0.3) is 0 Å².